The highest BCUT2D eigenvalue weighted by atomic mass is 79.9. The first-order valence-electron chi connectivity index (χ1n) is 6.36. The van der Waals surface area contributed by atoms with Crippen molar-refractivity contribution in [3.8, 4) is 0 Å². The third-order valence-corrected chi connectivity index (χ3v) is 2.89. The van der Waals surface area contributed by atoms with E-state index in [1.54, 1.807) is 13.8 Å². The minimum atomic E-state index is -0.738. The molecule has 0 fully saturated rings. The van der Waals surface area contributed by atoms with E-state index in [-0.39, 0.29) is 0 Å². The van der Waals surface area contributed by atoms with E-state index in [2.05, 4.69) is 44.6 Å². The molecule has 4 nitrogen and oxygen atoms in total. The molecule has 0 saturated carbocycles. The standard InChI is InChI=1S/C13H22BrN3O/c1-5-7-11-15-10(14)8-12(16-11)17(6-2)9-13(3,4)18/h8,18H,5-7,9H2,1-4H3. The van der Waals surface area contributed by atoms with Crippen molar-refractivity contribution in [1.29, 1.82) is 0 Å². The highest BCUT2D eigenvalue weighted by Gasteiger charge is 2.19. The van der Waals surface area contributed by atoms with Gasteiger partial charge in [-0.3, -0.25) is 0 Å². The van der Waals surface area contributed by atoms with E-state index >= 15 is 0 Å². The van der Waals surface area contributed by atoms with Gasteiger partial charge < -0.3 is 10.0 Å². The summed E-state index contributed by atoms with van der Waals surface area (Å²) in [5.41, 5.74) is -0.738. The van der Waals surface area contributed by atoms with E-state index in [1.807, 2.05) is 6.07 Å². The Morgan fingerprint density at radius 1 is 1.33 bits per heavy atom. The van der Waals surface area contributed by atoms with Crippen LogP contribution in [0.4, 0.5) is 5.82 Å². The predicted octanol–water partition coefficient (Wildman–Crippen LogP) is 2.79. The Hall–Kier alpha value is -0.680. The van der Waals surface area contributed by atoms with Gasteiger partial charge in [0.1, 0.15) is 16.2 Å². The van der Waals surface area contributed by atoms with Crippen LogP contribution in [0.3, 0.4) is 0 Å². The first kappa shape index (κ1) is 15.4. The molecule has 0 amide bonds. The largest absolute Gasteiger partial charge is 0.389 e. The van der Waals surface area contributed by atoms with Crippen molar-refractivity contribution < 1.29 is 5.11 Å². The van der Waals surface area contributed by atoms with E-state index in [4.69, 9.17) is 0 Å². The molecule has 0 saturated heterocycles. The Morgan fingerprint density at radius 2 is 2.00 bits per heavy atom. The monoisotopic (exact) mass is 315 g/mol. The average molecular weight is 316 g/mol. The molecule has 0 aliphatic carbocycles. The summed E-state index contributed by atoms with van der Waals surface area (Å²) in [6.45, 7) is 9.13. The maximum absolute atomic E-state index is 9.93. The van der Waals surface area contributed by atoms with Gasteiger partial charge >= 0.3 is 0 Å². The first-order chi connectivity index (χ1) is 8.35. The van der Waals surface area contributed by atoms with Crippen LogP contribution in [0.2, 0.25) is 0 Å². The molecule has 18 heavy (non-hydrogen) atoms. The van der Waals surface area contributed by atoms with Gasteiger partial charge in [0.05, 0.1) is 5.60 Å². The fraction of sp³-hybridized carbons (Fsp3) is 0.692. The quantitative estimate of drug-likeness (QED) is 0.820. The molecule has 1 N–H and O–H groups in total. The SMILES string of the molecule is CCCc1nc(Br)cc(N(CC)CC(C)(C)O)n1. The summed E-state index contributed by atoms with van der Waals surface area (Å²) < 4.78 is 0.796. The molecule has 0 aliphatic rings. The molecule has 0 atom stereocenters. The van der Waals surface area contributed by atoms with E-state index in [0.717, 1.165) is 35.6 Å². The molecule has 1 aromatic heterocycles. The molecule has 0 aliphatic heterocycles. The van der Waals surface area contributed by atoms with Gasteiger partial charge in [-0.1, -0.05) is 6.92 Å². The number of aliphatic hydroxyl groups is 1. The fourth-order valence-electron chi connectivity index (χ4n) is 1.77. The smallest absolute Gasteiger partial charge is 0.133 e. The lowest BCUT2D eigenvalue weighted by Gasteiger charge is -2.29. The van der Waals surface area contributed by atoms with Crippen molar-refractivity contribution in [3.05, 3.63) is 16.5 Å². The van der Waals surface area contributed by atoms with Crippen LogP contribution in [-0.4, -0.2) is 33.8 Å². The summed E-state index contributed by atoms with van der Waals surface area (Å²) in [6, 6.07) is 1.90. The summed E-state index contributed by atoms with van der Waals surface area (Å²) in [4.78, 5) is 11.0. The second kappa shape index (κ2) is 6.48. The summed E-state index contributed by atoms with van der Waals surface area (Å²) in [5.74, 6) is 1.71. The van der Waals surface area contributed by atoms with Crippen molar-refractivity contribution >= 4 is 21.7 Å². The Balaban J connectivity index is 2.98. The van der Waals surface area contributed by atoms with E-state index < -0.39 is 5.60 Å². The van der Waals surface area contributed by atoms with Gasteiger partial charge in [-0.2, -0.15) is 0 Å². The van der Waals surface area contributed by atoms with Crippen LogP contribution in [0.15, 0.2) is 10.7 Å². The van der Waals surface area contributed by atoms with Gasteiger partial charge in [-0.15, -0.1) is 0 Å². The van der Waals surface area contributed by atoms with E-state index in [0.29, 0.717) is 6.54 Å². The predicted molar refractivity (Wildman–Crippen MR) is 77.9 cm³/mol. The third kappa shape index (κ3) is 4.90. The van der Waals surface area contributed by atoms with Crippen molar-refractivity contribution in [3.63, 3.8) is 0 Å². The summed E-state index contributed by atoms with van der Waals surface area (Å²) in [7, 11) is 0. The number of nitrogens with zero attached hydrogens (tertiary/aromatic N) is 3. The number of halogens is 1. The lowest BCUT2D eigenvalue weighted by molar-refractivity contribution is 0.0874. The second-order valence-corrected chi connectivity index (χ2v) is 5.85. The Morgan fingerprint density at radius 3 is 2.50 bits per heavy atom. The molecule has 0 spiro atoms. The molecule has 1 aromatic rings. The number of aromatic nitrogens is 2. The average Bonchev–Trinajstić information content (AvgIpc) is 2.24. The number of aryl methyl sites for hydroxylation is 1. The van der Waals surface area contributed by atoms with Gasteiger partial charge in [-0.05, 0) is 43.1 Å². The van der Waals surface area contributed by atoms with Gasteiger partial charge in [-0.25, -0.2) is 9.97 Å². The van der Waals surface area contributed by atoms with Crippen molar-refractivity contribution in [2.75, 3.05) is 18.0 Å². The molecule has 5 heteroatoms. The topological polar surface area (TPSA) is 49.2 Å². The lowest BCUT2D eigenvalue weighted by Crippen LogP contribution is -2.39. The summed E-state index contributed by atoms with van der Waals surface area (Å²) in [5, 5.41) is 9.93. The molecule has 1 rings (SSSR count). The molecule has 1 heterocycles. The Kier molecular flexibility index (Phi) is 5.53. The van der Waals surface area contributed by atoms with Crippen molar-refractivity contribution in [1.82, 2.24) is 9.97 Å². The van der Waals surface area contributed by atoms with Gasteiger partial charge in [0.25, 0.3) is 0 Å². The summed E-state index contributed by atoms with van der Waals surface area (Å²) >= 11 is 3.42. The normalized spacial score (nSPS) is 11.7. The van der Waals surface area contributed by atoms with Crippen molar-refractivity contribution in [2.45, 2.75) is 46.1 Å². The molecule has 0 unspecified atom stereocenters. The molecular weight excluding hydrogens is 294 g/mol. The second-order valence-electron chi connectivity index (χ2n) is 5.04. The maximum atomic E-state index is 9.93. The molecule has 0 radical (unpaired) electrons. The highest BCUT2D eigenvalue weighted by Crippen LogP contribution is 2.19. The van der Waals surface area contributed by atoms with E-state index in [1.165, 1.54) is 0 Å². The lowest BCUT2D eigenvalue weighted by atomic mass is 10.1. The van der Waals surface area contributed by atoms with Crippen LogP contribution in [0, 0.1) is 0 Å². The molecule has 102 valence electrons. The Bertz CT molecular complexity index is 390. The molecule has 0 aromatic carbocycles. The summed E-state index contributed by atoms with van der Waals surface area (Å²) in [6.07, 6.45) is 1.89. The van der Waals surface area contributed by atoms with Gasteiger partial charge in [0.2, 0.25) is 0 Å². The van der Waals surface area contributed by atoms with Crippen LogP contribution in [0.1, 0.15) is 39.9 Å². The molecule has 0 bridgehead atoms. The highest BCUT2D eigenvalue weighted by molar-refractivity contribution is 9.10. The van der Waals surface area contributed by atoms with E-state index in [9.17, 15) is 5.11 Å². The third-order valence-electron chi connectivity index (χ3n) is 2.48. The zero-order chi connectivity index (χ0) is 13.8. The number of rotatable bonds is 6. The molecular formula is C13H22BrN3O. The van der Waals surface area contributed by atoms with Crippen LogP contribution in [0.25, 0.3) is 0 Å². The zero-order valence-electron chi connectivity index (χ0n) is 11.6. The fourth-order valence-corrected chi connectivity index (χ4v) is 2.18. The van der Waals surface area contributed by atoms with Crippen LogP contribution >= 0.6 is 15.9 Å². The Labute approximate surface area is 118 Å². The number of likely N-dealkylation sites (N-methyl/N-ethyl adjacent to an activating group) is 1. The zero-order valence-corrected chi connectivity index (χ0v) is 13.2. The first-order valence-corrected chi connectivity index (χ1v) is 7.15. The maximum Gasteiger partial charge on any atom is 0.133 e. The number of hydrogen-bond donors (Lipinski definition) is 1. The van der Waals surface area contributed by atoms with Gasteiger partial charge in [0, 0.05) is 25.6 Å². The van der Waals surface area contributed by atoms with Crippen LogP contribution in [-0.2, 0) is 6.42 Å². The minimum Gasteiger partial charge on any atom is -0.389 e. The van der Waals surface area contributed by atoms with Gasteiger partial charge in [0.15, 0.2) is 0 Å². The van der Waals surface area contributed by atoms with Crippen LogP contribution in [0.5, 0.6) is 0 Å². The number of hydrogen-bond acceptors (Lipinski definition) is 4. The van der Waals surface area contributed by atoms with Crippen molar-refractivity contribution in [2.24, 2.45) is 0 Å². The minimum absolute atomic E-state index is 0.554. The van der Waals surface area contributed by atoms with Crippen LogP contribution < -0.4 is 4.90 Å². The number of anilines is 1.